The first-order valence-electron chi connectivity index (χ1n) is 9.45. The first-order chi connectivity index (χ1) is 13.2. The van der Waals surface area contributed by atoms with Gasteiger partial charge in [-0.15, -0.1) is 0 Å². The van der Waals surface area contributed by atoms with Crippen LogP contribution in [0.5, 0.6) is 5.75 Å². The number of carbonyl (C=O) groups excluding carboxylic acids is 1. The number of carbonyl (C=O) groups is 1. The zero-order valence-electron chi connectivity index (χ0n) is 15.8. The fourth-order valence-corrected chi connectivity index (χ4v) is 3.30. The van der Waals surface area contributed by atoms with Crippen molar-refractivity contribution in [1.29, 1.82) is 0 Å². The van der Waals surface area contributed by atoms with Gasteiger partial charge in [0.15, 0.2) is 0 Å². The van der Waals surface area contributed by atoms with E-state index in [4.69, 9.17) is 14.2 Å². The van der Waals surface area contributed by atoms with Gasteiger partial charge in [-0.2, -0.15) is 0 Å². The molecular formula is C21H28N2O4. The molecule has 1 aliphatic carbocycles. The lowest BCUT2D eigenvalue weighted by Gasteiger charge is -2.34. The lowest BCUT2D eigenvalue weighted by atomic mass is 9.98. The van der Waals surface area contributed by atoms with Gasteiger partial charge in [0.1, 0.15) is 17.6 Å². The largest absolute Gasteiger partial charge is 0.462 e. The van der Waals surface area contributed by atoms with Crippen LogP contribution in [0.25, 0.3) is 0 Å². The van der Waals surface area contributed by atoms with E-state index >= 15 is 0 Å². The van der Waals surface area contributed by atoms with E-state index in [9.17, 15) is 4.79 Å². The van der Waals surface area contributed by atoms with Gasteiger partial charge in [0, 0.05) is 39.7 Å². The van der Waals surface area contributed by atoms with Gasteiger partial charge in [0.25, 0.3) is 5.91 Å². The Kier molecular flexibility index (Phi) is 7.45. The van der Waals surface area contributed by atoms with Crippen molar-refractivity contribution in [2.45, 2.75) is 12.5 Å². The molecule has 2 atom stereocenters. The summed E-state index contributed by atoms with van der Waals surface area (Å²) >= 11 is 0. The van der Waals surface area contributed by atoms with E-state index in [0.29, 0.717) is 32.2 Å². The van der Waals surface area contributed by atoms with Crippen molar-refractivity contribution in [2.24, 2.45) is 5.92 Å². The SMILES string of the molecule is COCCNC(=O)C1CN(CC2C=CC=C(Oc3ccccc3)C2)CCO1. The fraction of sp³-hybridized carbons (Fsp3) is 0.476. The molecule has 2 aliphatic rings. The van der Waals surface area contributed by atoms with Crippen molar-refractivity contribution in [3.8, 4) is 5.75 Å². The normalized spacial score (nSPS) is 22.9. The minimum atomic E-state index is -0.418. The number of rotatable bonds is 8. The van der Waals surface area contributed by atoms with E-state index < -0.39 is 6.10 Å². The molecule has 6 nitrogen and oxygen atoms in total. The summed E-state index contributed by atoms with van der Waals surface area (Å²) in [6.45, 7) is 3.92. The number of methoxy groups -OCH3 is 1. The summed E-state index contributed by atoms with van der Waals surface area (Å²) in [6, 6.07) is 9.84. The summed E-state index contributed by atoms with van der Waals surface area (Å²) in [7, 11) is 1.62. The Labute approximate surface area is 160 Å². The van der Waals surface area contributed by atoms with Crippen molar-refractivity contribution in [3.05, 3.63) is 54.3 Å². The quantitative estimate of drug-likeness (QED) is 0.707. The summed E-state index contributed by atoms with van der Waals surface area (Å²) < 4.78 is 16.6. The number of nitrogens with zero attached hydrogens (tertiary/aromatic N) is 1. The molecule has 1 aliphatic heterocycles. The maximum atomic E-state index is 12.2. The molecule has 1 heterocycles. The molecule has 1 N–H and O–H groups in total. The van der Waals surface area contributed by atoms with Crippen molar-refractivity contribution >= 4 is 5.91 Å². The highest BCUT2D eigenvalue weighted by molar-refractivity contribution is 5.81. The highest BCUT2D eigenvalue weighted by atomic mass is 16.5. The molecule has 146 valence electrons. The summed E-state index contributed by atoms with van der Waals surface area (Å²) in [5.41, 5.74) is 0. The maximum Gasteiger partial charge on any atom is 0.250 e. The topological polar surface area (TPSA) is 60.0 Å². The van der Waals surface area contributed by atoms with Crippen molar-refractivity contribution in [3.63, 3.8) is 0 Å². The Balaban J connectivity index is 1.46. The van der Waals surface area contributed by atoms with E-state index in [1.54, 1.807) is 7.11 Å². The monoisotopic (exact) mass is 372 g/mol. The van der Waals surface area contributed by atoms with Gasteiger partial charge in [-0.25, -0.2) is 0 Å². The lowest BCUT2D eigenvalue weighted by Crippen LogP contribution is -2.51. The van der Waals surface area contributed by atoms with Crippen LogP contribution < -0.4 is 10.1 Å². The number of hydrogen-bond acceptors (Lipinski definition) is 5. The molecule has 27 heavy (non-hydrogen) atoms. The second kappa shape index (κ2) is 10.3. The average Bonchev–Trinajstić information content (AvgIpc) is 2.69. The van der Waals surface area contributed by atoms with Gasteiger partial charge in [-0.05, 0) is 24.1 Å². The Morgan fingerprint density at radius 1 is 1.33 bits per heavy atom. The molecule has 2 unspecified atom stereocenters. The highest BCUT2D eigenvalue weighted by Crippen LogP contribution is 2.24. The predicted molar refractivity (Wildman–Crippen MR) is 103 cm³/mol. The van der Waals surface area contributed by atoms with Crippen molar-refractivity contribution in [1.82, 2.24) is 10.2 Å². The Morgan fingerprint density at radius 2 is 2.19 bits per heavy atom. The maximum absolute atomic E-state index is 12.2. The molecule has 1 aromatic rings. The number of para-hydroxylation sites is 1. The molecule has 0 spiro atoms. The lowest BCUT2D eigenvalue weighted by molar-refractivity contribution is -0.138. The van der Waals surface area contributed by atoms with Crippen LogP contribution in [-0.2, 0) is 14.3 Å². The number of amides is 1. The van der Waals surface area contributed by atoms with Gasteiger partial charge >= 0.3 is 0 Å². The zero-order valence-corrected chi connectivity index (χ0v) is 15.8. The van der Waals surface area contributed by atoms with Crippen molar-refractivity contribution < 1.29 is 19.0 Å². The van der Waals surface area contributed by atoms with E-state index in [1.807, 2.05) is 36.4 Å². The van der Waals surface area contributed by atoms with Gasteiger partial charge < -0.3 is 19.5 Å². The molecular weight excluding hydrogens is 344 g/mol. The molecule has 1 saturated heterocycles. The average molecular weight is 372 g/mol. The standard InChI is InChI=1S/C21H28N2O4/c1-25-12-10-22-21(24)20-16-23(11-13-26-20)15-17-6-5-9-19(14-17)27-18-7-3-2-4-8-18/h2-9,17,20H,10-16H2,1H3,(H,22,24). The third-order valence-electron chi connectivity index (χ3n) is 4.66. The van der Waals surface area contributed by atoms with Crippen LogP contribution in [0.4, 0.5) is 0 Å². The highest BCUT2D eigenvalue weighted by Gasteiger charge is 2.28. The second-order valence-electron chi connectivity index (χ2n) is 6.80. The number of allylic oxidation sites excluding steroid dienone is 3. The van der Waals surface area contributed by atoms with Crippen LogP contribution in [0.15, 0.2) is 54.3 Å². The third kappa shape index (κ3) is 6.20. The van der Waals surface area contributed by atoms with Gasteiger partial charge in [-0.3, -0.25) is 9.69 Å². The minimum Gasteiger partial charge on any atom is -0.462 e. The number of benzene rings is 1. The first kappa shape index (κ1) is 19.6. The molecule has 1 fully saturated rings. The van der Waals surface area contributed by atoms with Gasteiger partial charge in [0.2, 0.25) is 0 Å². The summed E-state index contributed by atoms with van der Waals surface area (Å²) in [4.78, 5) is 14.5. The fourth-order valence-electron chi connectivity index (χ4n) is 3.30. The van der Waals surface area contributed by atoms with Gasteiger partial charge in [-0.1, -0.05) is 30.4 Å². The Bertz CT molecular complexity index is 659. The molecule has 1 aromatic carbocycles. The number of morpholine rings is 1. The van der Waals surface area contributed by atoms with Gasteiger partial charge in [0.05, 0.1) is 13.2 Å². The van der Waals surface area contributed by atoms with E-state index in [1.165, 1.54) is 0 Å². The van der Waals surface area contributed by atoms with E-state index in [2.05, 4.69) is 22.4 Å². The second-order valence-corrected chi connectivity index (χ2v) is 6.80. The molecule has 0 saturated carbocycles. The van der Waals surface area contributed by atoms with E-state index in [-0.39, 0.29) is 5.91 Å². The van der Waals surface area contributed by atoms with Crippen LogP contribution >= 0.6 is 0 Å². The molecule has 0 radical (unpaired) electrons. The predicted octanol–water partition coefficient (Wildman–Crippen LogP) is 1.99. The van der Waals surface area contributed by atoms with Crippen LogP contribution in [-0.4, -0.2) is 63.4 Å². The molecule has 0 bridgehead atoms. The smallest absolute Gasteiger partial charge is 0.250 e. The number of ether oxygens (including phenoxy) is 3. The molecule has 3 rings (SSSR count). The summed E-state index contributed by atoms with van der Waals surface area (Å²) in [5.74, 6) is 2.13. The Hall–Kier alpha value is -2.15. The minimum absolute atomic E-state index is 0.0658. The van der Waals surface area contributed by atoms with Crippen LogP contribution in [0.2, 0.25) is 0 Å². The zero-order chi connectivity index (χ0) is 18.9. The molecule has 0 aromatic heterocycles. The summed E-state index contributed by atoms with van der Waals surface area (Å²) in [5, 5.41) is 2.85. The summed E-state index contributed by atoms with van der Waals surface area (Å²) in [6.07, 6.45) is 6.73. The van der Waals surface area contributed by atoms with Crippen molar-refractivity contribution in [2.75, 3.05) is 46.5 Å². The van der Waals surface area contributed by atoms with Crippen LogP contribution in [0, 0.1) is 5.92 Å². The van der Waals surface area contributed by atoms with Crippen LogP contribution in [0.1, 0.15) is 6.42 Å². The number of hydrogen-bond donors (Lipinski definition) is 1. The molecule has 1 amide bonds. The Morgan fingerprint density at radius 3 is 3.00 bits per heavy atom. The van der Waals surface area contributed by atoms with E-state index in [0.717, 1.165) is 31.0 Å². The first-order valence-corrected chi connectivity index (χ1v) is 9.45. The third-order valence-corrected chi connectivity index (χ3v) is 4.66. The van der Waals surface area contributed by atoms with Crippen LogP contribution in [0.3, 0.4) is 0 Å². The molecule has 6 heteroatoms. The number of nitrogens with one attached hydrogen (secondary N) is 1.